The number of carboxylic acid groups (broad SMARTS) is 1. The van der Waals surface area contributed by atoms with Crippen LogP contribution in [0.4, 0.5) is 5.69 Å². The number of phenolic OH excluding ortho intramolecular Hbond substituents is 1. The molecule has 4 atom stereocenters. The lowest BCUT2D eigenvalue weighted by molar-refractivity contribution is -0.123. The van der Waals surface area contributed by atoms with E-state index in [-0.39, 0.29) is 52.7 Å². The third-order valence-corrected chi connectivity index (χ3v) is 8.57. The van der Waals surface area contributed by atoms with Crippen LogP contribution in [0.5, 0.6) is 17.2 Å². The summed E-state index contributed by atoms with van der Waals surface area (Å²) in [6.45, 7) is 1.56. The van der Waals surface area contributed by atoms with Gasteiger partial charge in [0, 0.05) is 28.7 Å². The standard InChI is InChI=1S/C31H25NO9/c1-13-9-23(35)27-20(28(13)36)12-19-16(25(27)14-3-8-24(41-2)22(34)10-14)6-7-18-26(19)30(38)32(29(18)37)15-4-5-17(31(39)40)21(33)11-15/h3-6,8-11,18-19,25-26,33-34H,7,12H2,1-2H3,(H,39,40). The molecule has 1 saturated heterocycles. The van der Waals surface area contributed by atoms with Crippen LogP contribution >= 0.6 is 0 Å². The number of amides is 2. The third kappa shape index (κ3) is 3.81. The number of carbonyl (C=O) groups is 5. The average Bonchev–Trinajstić information content (AvgIpc) is 3.19. The van der Waals surface area contributed by atoms with Gasteiger partial charge < -0.3 is 20.1 Å². The number of nitrogens with zero attached hydrogens (tertiary/aromatic N) is 1. The molecule has 1 aliphatic heterocycles. The molecule has 4 aliphatic rings. The quantitative estimate of drug-likeness (QED) is 0.292. The van der Waals surface area contributed by atoms with E-state index in [0.717, 1.165) is 22.6 Å². The van der Waals surface area contributed by atoms with Crippen molar-refractivity contribution in [1.82, 2.24) is 0 Å². The van der Waals surface area contributed by atoms with Gasteiger partial charge in [-0.3, -0.25) is 19.2 Å². The van der Waals surface area contributed by atoms with E-state index in [1.165, 1.54) is 25.3 Å². The fourth-order valence-electron chi connectivity index (χ4n) is 6.74. The van der Waals surface area contributed by atoms with Crippen molar-refractivity contribution in [3.63, 3.8) is 0 Å². The average molecular weight is 556 g/mol. The second kappa shape index (κ2) is 9.29. The molecular weight excluding hydrogens is 530 g/mol. The van der Waals surface area contributed by atoms with Gasteiger partial charge in [-0.25, -0.2) is 9.69 Å². The first kappa shape index (κ1) is 26.2. The first-order valence-corrected chi connectivity index (χ1v) is 13.0. The molecule has 6 rings (SSSR count). The Morgan fingerprint density at radius 3 is 2.39 bits per heavy atom. The SMILES string of the molecule is COc1ccc(C2C3=CCC4C(=O)N(c5ccc(C(=O)O)c(O)c5)C(=O)C4C3CC3=C2C(=O)C=C(C)C3=O)cc1O. The molecule has 0 aromatic heterocycles. The second-order valence-electron chi connectivity index (χ2n) is 10.7. The van der Waals surface area contributed by atoms with E-state index < -0.39 is 47.2 Å². The number of carbonyl (C=O) groups excluding carboxylic acids is 4. The predicted molar refractivity (Wildman–Crippen MR) is 144 cm³/mol. The molecule has 0 saturated carbocycles. The Labute approximate surface area is 233 Å². The summed E-state index contributed by atoms with van der Waals surface area (Å²) < 4.78 is 5.17. The van der Waals surface area contributed by atoms with Gasteiger partial charge in [-0.05, 0) is 61.6 Å². The van der Waals surface area contributed by atoms with Crippen LogP contribution in [0.15, 0.2) is 70.8 Å². The number of benzene rings is 2. The van der Waals surface area contributed by atoms with E-state index in [1.54, 1.807) is 19.1 Å². The largest absolute Gasteiger partial charge is 0.507 e. The smallest absolute Gasteiger partial charge is 0.339 e. The zero-order chi connectivity index (χ0) is 29.3. The van der Waals surface area contributed by atoms with Gasteiger partial charge in [-0.2, -0.15) is 0 Å². The summed E-state index contributed by atoms with van der Waals surface area (Å²) in [5, 5.41) is 30.0. The number of fused-ring (bicyclic) bond motifs is 3. The van der Waals surface area contributed by atoms with Gasteiger partial charge in [0.15, 0.2) is 23.1 Å². The van der Waals surface area contributed by atoms with Crippen LogP contribution in [-0.2, 0) is 19.2 Å². The number of hydrogen-bond donors (Lipinski definition) is 3. The number of methoxy groups -OCH3 is 1. The number of aromatic carboxylic acids is 1. The minimum absolute atomic E-state index is 0.0495. The summed E-state index contributed by atoms with van der Waals surface area (Å²) in [6.07, 6.45) is 3.45. The number of carboxylic acids is 1. The summed E-state index contributed by atoms with van der Waals surface area (Å²) in [6, 6.07) is 8.25. The molecule has 2 aromatic rings. The van der Waals surface area contributed by atoms with Crippen LogP contribution < -0.4 is 9.64 Å². The minimum Gasteiger partial charge on any atom is -0.507 e. The molecule has 1 heterocycles. The van der Waals surface area contributed by atoms with Crippen molar-refractivity contribution in [2.45, 2.75) is 25.7 Å². The zero-order valence-electron chi connectivity index (χ0n) is 22.1. The lowest BCUT2D eigenvalue weighted by atomic mass is 9.59. The van der Waals surface area contributed by atoms with Crippen LogP contribution in [-0.4, -0.2) is 51.8 Å². The van der Waals surface area contributed by atoms with Crippen molar-refractivity contribution in [1.29, 1.82) is 0 Å². The fourth-order valence-corrected chi connectivity index (χ4v) is 6.74. The maximum atomic E-state index is 13.9. The van der Waals surface area contributed by atoms with Gasteiger partial charge >= 0.3 is 5.97 Å². The molecule has 2 amide bonds. The number of aromatic hydroxyl groups is 2. The van der Waals surface area contributed by atoms with Crippen molar-refractivity contribution >= 4 is 35.0 Å². The highest BCUT2D eigenvalue weighted by atomic mass is 16.5. The van der Waals surface area contributed by atoms with Gasteiger partial charge in [0.2, 0.25) is 11.8 Å². The van der Waals surface area contributed by atoms with Gasteiger partial charge in [0.05, 0.1) is 24.6 Å². The van der Waals surface area contributed by atoms with Gasteiger partial charge in [0.1, 0.15) is 11.3 Å². The van der Waals surface area contributed by atoms with Crippen molar-refractivity contribution in [3.8, 4) is 17.2 Å². The number of Topliss-reactive ketones (excluding diaryl/α,β-unsaturated/α-hetero) is 1. The Hall–Kier alpha value is -4.99. The lowest BCUT2D eigenvalue weighted by Gasteiger charge is -2.42. The maximum absolute atomic E-state index is 13.9. The number of imide groups is 1. The van der Waals surface area contributed by atoms with Crippen molar-refractivity contribution in [2.24, 2.45) is 17.8 Å². The number of ether oxygens (including phenoxy) is 1. The minimum atomic E-state index is -1.35. The number of hydrogen-bond acceptors (Lipinski definition) is 8. The van der Waals surface area contributed by atoms with E-state index >= 15 is 0 Å². The molecule has 3 N–H and O–H groups in total. The molecule has 0 radical (unpaired) electrons. The second-order valence-corrected chi connectivity index (χ2v) is 10.7. The molecule has 208 valence electrons. The molecule has 0 spiro atoms. The molecule has 4 unspecified atom stereocenters. The molecule has 41 heavy (non-hydrogen) atoms. The number of rotatable bonds is 4. The first-order valence-electron chi connectivity index (χ1n) is 13.0. The van der Waals surface area contributed by atoms with Crippen LogP contribution in [0, 0.1) is 17.8 Å². The van der Waals surface area contributed by atoms with Crippen molar-refractivity contribution in [3.05, 3.63) is 82.0 Å². The van der Waals surface area contributed by atoms with Crippen molar-refractivity contribution < 1.29 is 44.0 Å². The predicted octanol–water partition coefficient (Wildman–Crippen LogP) is 3.44. The Kier molecular flexibility index (Phi) is 5.95. The summed E-state index contributed by atoms with van der Waals surface area (Å²) in [5.74, 6) is -6.37. The number of phenols is 2. The van der Waals surface area contributed by atoms with E-state index in [1.807, 2.05) is 6.08 Å². The number of anilines is 1. The fraction of sp³-hybridized carbons (Fsp3) is 0.258. The van der Waals surface area contributed by atoms with Crippen LogP contribution in [0.1, 0.15) is 41.6 Å². The van der Waals surface area contributed by atoms with Gasteiger partial charge in [-0.1, -0.05) is 17.7 Å². The lowest BCUT2D eigenvalue weighted by Crippen LogP contribution is -2.39. The molecule has 2 aromatic carbocycles. The topological polar surface area (TPSA) is 159 Å². The Balaban J connectivity index is 1.46. The van der Waals surface area contributed by atoms with Crippen molar-refractivity contribution in [2.75, 3.05) is 12.0 Å². The first-order chi connectivity index (χ1) is 19.5. The normalized spacial score (nSPS) is 25.4. The molecule has 10 heteroatoms. The van der Waals surface area contributed by atoms with E-state index in [0.29, 0.717) is 16.7 Å². The highest BCUT2D eigenvalue weighted by Gasteiger charge is 2.56. The molecule has 10 nitrogen and oxygen atoms in total. The zero-order valence-corrected chi connectivity index (χ0v) is 22.1. The molecule has 3 aliphatic carbocycles. The highest BCUT2D eigenvalue weighted by Crippen LogP contribution is 2.56. The summed E-state index contributed by atoms with van der Waals surface area (Å²) in [5.41, 5.74) is 1.82. The molecule has 1 fully saturated rings. The number of ketones is 2. The summed E-state index contributed by atoms with van der Waals surface area (Å²) in [7, 11) is 1.41. The Morgan fingerprint density at radius 1 is 0.976 bits per heavy atom. The Bertz CT molecular complexity index is 1690. The van der Waals surface area contributed by atoms with E-state index in [9.17, 15) is 39.3 Å². The monoisotopic (exact) mass is 555 g/mol. The molecule has 0 bridgehead atoms. The Morgan fingerprint density at radius 2 is 1.73 bits per heavy atom. The van der Waals surface area contributed by atoms with Gasteiger partial charge in [0.25, 0.3) is 0 Å². The van der Waals surface area contributed by atoms with E-state index in [4.69, 9.17) is 4.74 Å². The third-order valence-electron chi connectivity index (χ3n) is 8.57. The van der Waals surface area contributed by atoms with Gasteiger partial charge in [-0.15, -0.1) is 0 Å². The number of allylic oxidation sites excluding steroid dienone is 6. The summed E-state index contributed by atoms with van der Waals surface area (Å²) in [4.78, 5) is 66.5. The van der Waals surface area contributed by atoms with Crippen LogP contribution in [0.2, 0.25) is 0 Å². The van der Waals surface area contributed by atoms with Crippen LogP contribution in [0.25, 0.3) is 0 Å². The summed E-state index contributed by atoms with van der Waals surface area (Å²) >= 11 is 0. The molecular formula is C31H25NO9. The maximum Gasteiger partial charge on any atom is 0.339 e. The van der Waals surface area contributed by atoms with Crippen LogP contribution in [0.3, 0.4) is 0 Å². The van der Waals surface area contributed by atoms with E-state index in [2.05, 4.69) is 0 Å². The highest BCUT2D eigenvalue weighted by molar-refractivity contribution is 6.25.